The molecule has 0 aliphatic carbocycles. The van der Waals surface area contributed by atoms with E-state index in [-0.39, 0.29) is 17.9 Å². The first-order chi connectivity index (χ1) is 7.31. The Hall–Kier alpha value is -1.26. The monoisotopic (exact) mass is 206 g/mol. The van der Waals surface area contributed by atoms with Gasteiger partial charge in [-0.2, -0.15) is 0 Å². The smallest absolute Gasteiger partial charge is 0.181 e. The summed E-state index contributed by atoms with van der Waals surface area (Å²) < 4.78 is 5.20. The van der Waals surface area contributed by atoms with Crippen molar-refractivity contribution in [3.8, 4) is 0 Å². The van der Waals surface area contributed by atoms with E-state index in [2.05, 4.69) is 10.3 Å². The van der Waals surface area contributed by atoms with Crippen LogP contribution in [0.5, 0.6) is 0 Å². The fraction of sp³-hybridized carbons (Fsp3) is 0.455. The number of hydrogen-bond donors (Lipinski definition) is 1. The van der Waals surface area contributed by atoms with Crippen molar-refractivity contribution in [1.29, 1.82) is 0 Å². The number of nitrogens with one attached hydrogen (secondary N) is 1. The molecule has 2 unspecified atom stereocenters. The lowest BCUT2D eigenvalue weighted by Crippen LogP contribution is -2.30. The van der Waals surface area contributed by atoms with Crippen LogP contribution in [0, 0.1) is 0 Å². The highest BCUT2D eigenvalue weighted by Gasteiger charge is 2.29. The van der Waals surface area contributed by atoms with Crippen LogP contribution in [0.4, 0.5) is 0 Å². The number of carbonyl (C=O) groups excluding carboxylic acids is 1. The molecule has 1 saturated heterocycles. The number of ether oxygens (including phenoxy) is 1. The number of Topliss-reactive ketones (excluding diaryl/α,β-unsaturated/α-hetero) is 1. The predicted molar refractivity (Wildman–Crippen MR) is 55.8 cm³/mol. The third-order valence-corrected chi connectivity index (χ3v) is 2.69. The Labute approximate surface area is 88.7 Å². The van der Waals surface area contributed by atoms with E-state index in [1.807, 2.05) is 0 Å². The molecule has 1 aromatic heterocycles. The van der Waals surface area contributed by atoms with Crippen LogP contribution >= 0.6 is 0 Å². The van der Waals surface area contributed by atoms with E-state index in [0.29, 0.717) is 5.56 Å². The van der Waals surface area contributed by atoms with E-state index in [9.17, 15) is 4.79 Å². The maximum atomic E-state index is 12.0. The lowest BCUT2D eigenvalue weighted by atomic mass is 10.0. The number of aromatic nitrogens is 1. The molecule has 1 aliphatic rings. The zero-order valence-corrected chi connectivity index (χ0v) is 8.64. The van der Waals surface area contributed by atoms with Gasteiger partial charge in [-0.25, -0.2) is 0 Å². The topological polar surface area (TPSA) is 51.2 Å². The van der Waals surface area contributed by atoms with Gasteiger partial charge in [-0.15, -0.1) is 0 Å². The van der Waals surface area contributed by atoms with Crippen LogP contribution in [0.2, 0.25) is 0 Å². The van der Waals surface area contributed by atoms with Crippen LogP contribution in [0.25, 0.3) is 0 Å². The van der Waals surface area contributed by atoms with Gasteiger partial charge in [-0.3, -0.25) is 9.78 Å². The Morgan fingerprint density at radius 3 is 3.13 bits per heavy atom. The Balaban J connectivity index is 2.04. The largest absolute Gasteiger partial charge is 0.380 e. The van der Waals surface area contributed by atoms with Crippen molar-refractivity contribution in [3.63, 3.8) is 0 Å². The molecule has 0 aromatic carbocycles. The summed E-state index contributed by atoms with van der Waals surface area (Å²) in [6, 6.07) is 3.44. The number of nitrogens with zero attached hydrogens (tertiary/aromatic N) is 1. The van der Waals surface area contributed by atoms with Crippen LogP contribution in [0.15, 0.2) is 24.5 Å². The number of pyridine rings is 1. The third kappa shape index (κ3) is 2.22. The summed E-state index contributed by atoms with van der Waals surface area (Å²) in [4.78, 5) is 15.9. The Kier molecular flexibility index (Phi) is 3.08. The van der Waals surface area contributed by atoms with Crippen LogP contribution in [0.3, 0.4) is 0 Å². The molecule has 1 N–H and O–H groups in total. The van der Waals surface area contributed by atoms with Gasteiger partial charge in [0.15, 0.2) is 5.78 Å². The molecule has 2 rings (SSSR count). The Morgan fingerprint density at radius 2 is 2.53 bits per heavy atom. The summed E-state index contributed by atoms with van der Waals surface area (Å²) in [5.74, 6) is 0.0997. The van der Waals surface area contributed by atoms with Crippen molar-refractivity contribution in [1.82, 2.24) is 10.3 Å². The quantitative estimate of drug-likeness (QED) is 0.737. The average Bonchev–Trinajstić information content (AvgIpc) is 2.78. The summed E-state index contributed by atoms with van der Waals surface area (Å²) in [5.41, 5.74) is 0.659. The number of ketones is 1. The summed E-state index contributed by atoms with van der Waals surface area (Å²) in [6.07, 6.45) is 4.15. The number of hydrogen-bond acceptors (Lipinski definition) is 4. The highest BCUT2D eigenvalue weighted by Crippen LogP contribution is 2.13. The molecule has 2 atom stereocenters. The van der Waals surface area contributed by atoms with E-state index in [1.54, 1.807) is 31.6 Å². The van der Waals surface area contributed by atoms with E-state index in [4.69, 9.17) is 4.74 Å². The van der Waals surface area contributed by atoms with Crippen molar-refractivity contribution >= 4 is 5.78 Å². The molecule has 1 aromatic rings. The predicted octanol–water partition coefficient (Wildman–Crippen LogP) is 0.641. The van der Waals surface area contributed by atoms with Crippen LogP contribution in [-0.2, 0) is 4.74 Å². The van der Waals surface area contributed by atoms with Gasteiger partial charge in [-0.05, 0) is 18.6 Å². The lowest BCUT2D eigenvalue weighted by molar-refractivity contribution is 0.0918. The van der Waals surface area contributed by atoms with Crippen LogP contribution in [-0.4, -0.2) is 36.6 Å². The molecule has 4 nitrogen and oxygen atoms in total. The molecule has 0 bridgehead atoms. The molecule has 15 heavy (non-hydrogen) atoms. The Bertz CT molecular complexity index is 340. The summed E-state index contributed by atoms with van der Waals surface area (Å²) >= 11 is 0. The van der Waals surface area contributed by atoms with Gasteiger partial charge in [0.25, 0.3) is 0 Å². The maximum Gasteiger partial charge on any atom is 0.181 e. The van der Waals surface area contributed by atoms with Gasteiger partial charge >= 0.3 is 0 Å². The van der Waals surface area contributed by atoms with Crippen molar-refractivity contribution in [2.24, 2.45) is 0 Å². The Morgan fingerprint density at radius 1 is 1.67 bits per heavy atom. The molecule has 1 fully saturated rings. The van der Waals surface area contributed by atoms with E-state index in [0.717, 1.165) is 13.0 Å². The molecule has 0 saturated carbocycles. The van der Waals surface area contributed by atoms with Crippen molar-refractivity contribution in [2.75, 3.05) is 13.7 Å². The number of methoxy groups -OCH3 is 1. The average molecular weight is 206 g/mol. The third-order valence-electron chi connectivity index (χ3n) is 2.69. The minimum Gasteiger partial charge on any atom is -0.380 e. The second-order valence-corrected chi connectivity index (χ2v) is 3.66. The van der Waals surface area contributed by atoms with Crippen LogP contribution in [0.1, 0.15) is 16.8 Å². The number of carbonyl (C=O) groups is 1. The molecular weight excluding hydrogens is 192 g/mol. The number of rotatable bonds is 3. The van der Waals surface area contributed by atoms with Crippen molar-refractivity contribution < 1.29 is 9.53 Å². The molecule has 1 aliphatic heterocycles. The zero-order chi connectivity index (χ0) is 10.7. The normalized spacial score (nSPS) is 25.4. The van der Waals surface area contributed by atoms with Gasteiger partial charge in [0.2, 0.25) is 0 Å². The SMILES string of the molecule is COC1CNC(C(=O)c2cccnc2)C1. The zero-order valence-electron chi connectivity index (χ0n) is 8.64. The molecule has 2 heterocycles. The van der Waals surface area contributed by atoms with Gasteiger partial charge in [0.1, 0.15) is 0 Å². The minimum absolute atomic E-state index is 0.0997. The molecule has 0 radical (unpaired) electrons. The molecule has 0 amide bonds. The summed E-state index contributed by atoms with van der Waals surface area (Å²) in [5, 5.41) is 3.15. The van der Waals surface area contributed by atoms with Gasteiger partial charge < -0.3 is 10.1 Å². The fourth-order valence-electron chi connectivity index (χ4n) is 1.79. The first-order valence-electron chi connectivity index (χ1n) is 5.01. The molecule has 80 valence electrons. The second kappa shape index (κ2) is 4.51. The van der Waals surface area contributed by atoms with Crippen molar-refractivity contribution in [2.45, 2.75) is 18.6 Å². The lowest BCUT2D eigenvalue weighted by Gasteiger charge is -2.08. The van der Waals surface area contributed by atoms with E-state index >= 15 is 0 Å². The fourth-order valence-corrected chi connectivity index (χ4v) is 1.79. The molecule has 0 spiro atoms. The van der Waals surface area contributed by atoms with Gasteiger partial charge in [-0.1, -0.05) is 0 Å². The standard InChI is InChI=1S/C11H14N2O2/c1-15-9-5-10(13-7-9)11(14)8-3-2-4-12-6-8/h2-4,6,9-10,13H,5,7H2,1H3. The summed E-state index contributed by atoms with van der Waals surface area (Å²) in [7, 11) is 1.67. The van der Waals surface area contributed by atoms with Crippen molar-refractivity contribution in [3.05, 3.63) is 30.1 Å². The summed E-state index contributed by atoms with van der Waals surface area (Å²) in [6.45, 7) is 0.743. The molecular formula is C11H14N2O2. The first-order valence-corrected chi connectivity index (χ1v) is 5.01. The van der Waals surface area contributed by atoms with Gasteiger partial charge in [0, 0.05) is 31.6 Å². The highest BCUT2D eigenvalue weighted by atomic mass is 16.5. The minimum atomic E-state index is -0.126. The first kappa shape index (κ1) is 10.3. The second-order valence-electron chi connectivity index (χ2n) is 3.66. The van der Waals surface area contributed by atoms with E-state index in [1.165, 1.54) is 0 Å². The molecule has 4 heteroatoms. The van der Waals surface area contributed by atoms with Crippen LogP contribution < -0.4 is 5.32 Å². The van der Waals surface area contributed by atoms with Gasteiger partial charge in [0.05, 0.1) is 12.1 Å². The maximum absolute atomic E-state index is 12.0. The highest BCUT2D eigenvalue weighted by molar-refractivity contribution is 6.00. The van der Waals surface area contributed by atoms with E-state index < -0.39 is 0 Å².